The first-order chi connectivity index (χ1) is 12.0. The minimum atomic E-state index is -0.593. The predicted octanol–water partition coefficient (Wildman–Crippen LogP) is 1.97. The Labute approximate surface area is 147 Å². The van der Waals surface area contributed by atoms with Crippen LogP contribution in [0.1, 0.15) is 32.8 Å². The summed E-state index contributed by atoms with van der Waals surface area (Å²) in [5.41, 5.74) is 1.87. The van der Waals surface area contributed by atoms with Gasteiger partial charge in [-0.2, -0.15) is 5.10 Å². The van der Waals surface area contributed by atoms with Gasteiger partial charge in [-0.05, 0) is 44.0 Å². The SMILES string of the molecule is CC[C@H](C)NC(=O)[C@@H](C)NC(=O)NCc1cccc(-n2cccn2)c1. The number of benzene rings is 1. The maximum Gasteiger partial charge on any atom is 0.315 e. The van der Waals surface area contributed by atoms with Gasteiger partial charge in [-0.1, -0.05) is 19.1 Å². The largest absolute Gasteiger partial charge is 0.352 e. The van der Waals surface area contributed by atoms with Crippen LogP contribution in [0.15, 0.2) is 42.7 Å². The molecule has 0 saturated heterocycles. The molecule has 1 aromatic carbocycles. The number of urea groups is 1. The van der Waals surface area contributed by atoms with Crippen molar-refractivity contribution in [3.63, 3.8) is 0 Å². The summed E-state index contributed by atoms with van der Waals surface area (Å²) < 4.78 is 1.75. The van der Waals surface area contributed by atoms with E-state index in [1.54, 1.807) is 17.8 Å². The normalized spacial score (nSPS) is 12.9. The predicted molar refractivity (Wildman–Crippen MR) is 96.3 cm³/mol. The Morgan fingerprint density at radius 2 is 2.00 bits per heavy atom. The molecule has 0 aliphatic carbocycles. The maximum absolute atomic E-state index is 12.0. The summed E-state index contributed by atoms with van der Waals surface area (Å²) in [6, 6.07) is 8.69. The van der Waals surface area contributed by atoms with Crippen molar-refractivity contribution in [2.24, 2.45) is 0 Å². The zero-order chi connectivity index (χ0) is 18.2. The van der Waals surface area contributed by atoms with Crippen LogP contribution in [0.4, 0.5) is 4.79 Å². The molecule has 1 heterocycles. The third-order valence-electron chi connectivity index (χ3n) is 3.87. The quantitative estimate of drug-likeness (QED) is 0.718. The first-order valence-corrected chi connectivity index (χ1v) is 8.43. The highest BCUT2D eigenvalue weighted by Crippen LogP contribution is 2.09. The molecule has 0 bridgehead atoms. The lowest BCUT2D eigenvalue weighted by Crippen LogP contribution is -2.49. The van der Waals surface area contributed by atoms with E-state index in [1.807, 2.05) is 50.4 Å². The fraction of sp³-hybridized carbons (Fsp3) is 0.389. The van der Waals surface area contributed by atoms with Gasteiger partial charge < -0.3 is 16.0 Å². The Hall–Kier alpha value is -2.83. The van der Waals surface area contributed by atoms with Crippen LogP contribution in [0.25, 0.3) is 5.69 Å². The van der Waals surface area contributed by atoms with E-state index >= 15 is 0 Å². The standard InChI is InChI=1S/C18H25N5O2/c1-4-13(2)21-17(24)14(3)22-18(25)19-12-15-7-5-8-16(11-15)23-10-6-9-20-23/h5-11,13-14H,4,12H2,1-3H3,(H,21,24)(H2,19,22,25)/t13-,14+/m0/s1. The van der Waals surface area contributed by atoms with Gasteiger partial charge in [0.15, 0.2) is 0 Å². The van der Waals surface area contributed by atoms with E-state index < -0.39 is 6.04 Å². The second-order valence-electron chi connectivity index (χ2n) is 5.99. The van der Waals surface area contributed by atoms with Crippen molar-refractivity contribution < 1.29 is 9.59 Å². The van der Waals surface area contributed by atoms with Gasteiger partial charge in [0.25, 0.3) is 0 Å². The van der Waals surface area contributed by atoms with Crippen LogP contribution in [0, 0.1) is 0 Å². The summed E-state index contributed by atoms with van der Waals surface area (Å²) in [6.45, 7) is 5.95. The van der Waals surface area contributed by atoms with Gasteiger partial charge in [0.05, 0.1) is 5.69 Å². The van der Waals surface area contributed by atoms with Crippen molar-refractivity contribution in [3.8, 4) is 5.69 Å². The number of carbonyl (C=O) groups excluding carboxylic acids is 2. The summed E-state index contributed by atoms with van der Waals surface area (Å²) >= 11 is 0. The molecule has 0 spiro atoms. The molecule has 7 nitrogen and oxygen atoms in total. The van der Waals surface area contributed by atoms with Crippen molar-refractivity contribution in [2.45, 2.75) is 45.8 Å². The Morgan fingerprint density at radius 3 is 2.68 bits per heavy atom. The molecule has 0 aliphatic heterocycles. The maximum atomic E-state index is 12.0. The highest BCUT2D eigenvalue weighted by atomic mass is 16.2. The summed E-state index contributed by atoms with van der Waals surface area (Å²) in [5, 5.41) is 12.4. The second kappa shape index (κ2) is 8.86. The number of rotatable bonds is 7. The Kier molecular flexibility index (Phi) is 6.56. The third-order valence-corrected chi connectivity index (χ3v) is 3.87. The van der Waals surface area contributed by atoms with Crippen molar-refractivity contribution in [1.29, 1.82) is 0 Å². The molecule has 2 aromatic rings. The van der Waals surface area contributed by atoms with Crippen LogP contribution in [0.3, 0.4) is 0 Å². The lowest BCUT2D eigenvalue weighted by atomic mass is 10.2. The van der Waals surface area contributed by atoms with Gasteiger partial charge in [0.1, 0.15) is 6.04 Å². The first kappa shape index (κ1) is 18.5. The van der Waals surface area contributed by atoms with Crippen LogP contribution in [-0.4, -0.2) is 33.8 Å². The fourth-order valence-corrected chi connectivity index (χ4v) is 2.20. The smallest absolute Gasteiger partial charge is 0.315 e. The van der Waals surface area contributed by atoms with Crippen LogP contribution in [-0.2, 0) is 11.3 Å². The third kappa shape index (κ3) is 5.63. The van der Waals surface area contributed by atoms with E-state index in [0.29, 0.717) is 6.54 Å². The van der Waals surface area contributed by atoms with E-state index in [-0.39, 0.29) is 18.0 Å². The van der Waals surface area contributed by atoms with Crippen molar-refractivity contribution in [3.05, 3.63) is 48.3 Å². The number of hydrogen-bond acceptors (Lipinski definition) is 3. The number of carbonyl (C=O) groups is 2. The number of amides is 3. The summed E-state index contributed by atoms with van der Waals surface area (Å²) in [7, 11) is 0. The van der Waals surface area contributed by atoms with Crippen molar-refractivity contribution in [2.75, 3.05) is 0 Å². The van der Waals surface area contributed by atoms with Crippen LogP contribution < -0.4 is 16.0 Å². The molecule has 134 valence electrons. The molecule has 0 fully saturated rings. The number of nitrogens with zero attached hydrogens (tertiary/aromatic N) is 2. The summed E-state index contributed by atoms with van der Waals surface area (Å²) in [5.74, 6) is -0.190. The number of hydrogen-bond donors (Lipinski definition) is 3. The highest BCUT2D eigenvalue weighted by Gasteiger charge is 2.16. The van der Waals surface area contributed by atoms with Gasteiger partial charge in [-0.3, -0.25) is 4.79 Å². The molecule has 3 N–H and O–H groups in total. The molecule has 3 amide bonds. The minimum Gasteiger partial charge on any atom is -0.352 e. The van der Waals surface area contributed by atoms with Gasteiger partial charge in [-0.25, -0.2) is 9.48 Å². The highest BCUT2D eigenvalue weighted by molar-refractivity contribution is 5.86. The zero-order valence-corrected chi connectivity index (χ0v) is 14.8. The minimum absolute atomic E-state index is 0.0878. The molecule has 1 aromatic heterocycles. The average Bonchev–Trinajstić information content (AvgIpc) is 3.14. The Bertz CT molecular complexity index is 699. The molecule has 0 radical (unpaired) electrons. The van der Waals surface area contributed by atoms with E-state index in [1.165, 1.54) is 0 Å². The van der Waals surface area contributed by atoms with Crippen molar-refractivity contribution >= 4 is 11.9 Å². The molecule has 0 unspecified atom stereocenters. The lowest BCUT2D eigenvalue weighted by molar-refractivity contribution is -0.123. The van der Waals surface area contributed by atoms with Gasteiger partial charge in [0, 0.05) is 25.0 Å². The second-order valence-corrected chi connectivity index (χ2v) is 5.99. The van der Waals surface area contributed by atoms with Crippen LogP contribution >= 0.6 is 0 Å². The molecular formula is C18H25N5O2. The summed E-state index contributed by atoms with van der Waals surface area (Å²) in [6.07, 6.45) is 4.41. The van der Waals surface area contributed by atoms with Crippen molar-refractivity contribution in [1.82, 2.24) is 25.7 Å². The average molecular weight is 343 g/mol. The van der Waals surface area contributed by atoms with E-state index in [0.717, 1.165) is 17.7 Å². The summed E-state index contributed by atoms with van der Waals surface area (Å²) in [4.78, 5) is 23.9. The Balaban J connectivity index is 1.84. The topological polar surface area (TPSA) is 88.0 Å². The number of nitrogens with one attached hydrogen (secondary N) is 3. The van der Waals surface area contributed by atoms with E-state index in [9.17, 15) is 9.59 Å². The molecule has 0 saturated carbocycles. The van der Waals surface area contributed by atoms with E-state index in [4.69, 9.17) is 0 Å². The molecular weight excluding hydrogens is 318 g/mol. The molecule has 25 heavy (non-hydrogen) atoms. The van der Waals surface area contributed by atoms with Crippen LogP contribution in [0.5, 0.6) is 0 Å². The monoisotopic (exact) mass is 343 g/mol. The molecule has 2 rings (SSSR count). The molecule has 2 atom stereocenters. The lowest BCUT2D eigenvalue weighted by Gasteiger charge is -2.17. The zero-order valence-electron chi connectivity index (χ0n) is 14.8. The Morgan fingerprint density at radius 1 is 1.20 bits per heavy atom. The first-order valence-electron chi connectivity index (χ1n) is 8.43. The fourth-order valence-electron chi connectivity index (χ4n) is 2.20. The van der Waals surface area contributed by atoms with Gasteiger partial charge >= 0.3 is 6.03 Å². The number of aromatic nitrogens is 2. The van der Waals surface area contributed by atoms with E-state index in [2.05, 4.69) is 21.0 Å². The molecule has 7 heteroatoms. The van der Waals surface area contributed by atoms with Gasteiger partial charge in [-0.15, -0.1) is 0 Å². The van der Waals surface area contributed by atoms with Gasteiger partial charge in [0.2, 0.25) is 5.91 Å². The van der Waals surface area contributed by atoms with Crippen LogP contribution in [0.2, 0.25) is 0 Å². The molecule has 0 aliphatic rings.